The van der Waals surface area contributed by atoms with Crippen molar-refractivity contribution in [3.8, 4) is 0 Å². The lowest BCUT2D eigenvalue weighted by Crippen LogP contribution is -2.15. The summed E-state index contributed by atoms with van der Waals surface area (Å²) in [6.07, 6.45) is 0. The number of hydrogen-bond acceptors (Lipinski definition) is 2. The molecular weight excluding hydrogens is 260 g/mol. The number of carbonyl (C=O) groups excluding carboxylic acids is 1. The molecule has 3 N–H and O–H groups in total. The molecular formula is C15H15ClN2O. The Bertz CT molecular complexity index is 638. The molecule has 0 fully saturated rings. The Morgan fingerprint density at radius 2 is 1.89 bits per heavy atom. The van der Waals surface area contributed by atoms with E-state index in [4.69, 9.17) is 17.3 Å². The summed E-state index contributed by atoms with van der Waals surface area (Å²) in [5.74, 6) is -0.216. The average molecular weight is 275 g/mol. The predicted octanol–water partition coefficient (Wildman–Crippen LogP) is 3.79. The molecule has 98 valence electrons. The second-order valence-corrected chi connectivity index (χ2v) is 4.94. The molecule has 2 rings (SSSR count). The Kier molecular flexibility index (Phi) is 3.76. The predicted molar refractivity (Wildman–Crippen MR) is 79.7 cm³/mol. The Morgan fingerprint density at radius 3 is 2.58 bits per heavy atom. The summed E-state index contributed by atoms with van der Waals surface area (Å²) in [7, 11) is 0. The number of nitrogens with two attached hydrogens (primary N) is 1. The molecule has 2 aromatic carbocycles. The average Bonchev–Trinajstić information content (AvgIpc) is 2.35. The van der Waals surface area contributed by atoms with E-state index in [2.05, 4.69) is 5.32 Å². The Balaban J connectivity index is 2.28. The van der Waals surface area contributed by atoms with E-state index in [0.717, 1.165) is 16.8 Å². The van der Waals surface area contributed by atoms with Gasteiger partial charge < -0.3 is 11.1 Å². The van der Waals surface area contributed by atoms with Crippen LogP contribution in [0.3, 0.4) is 0 Å². The number of rotatable bonds is 2. The normalized spacial score (nSPS) is 10.3. The quantitative estimate of drug-likeness (QED) is 0.819. The van der Waals surface area contributed by atoms with Crippen LogP contribution in [0.15, 0.2) is 36.4 Å². The van der Waals surface area contributed by atoms with Crippen LogP contribution in [0.25, 0.3) is 0 Å². The highest BCUT2D eigenvalue weighted by molar-refractivity contribution is 6.30. The second-order valence-electron chi connectivity index (χ2n) is 4.50. The van der Waals surface area contributed by atoms with Gasteiger partial charge in [0, 0.05) is 16.4 Å². The number of aryl methyl sites for hydroxylation is 2. The van der Waals surface area contributed by atoms with E-state index in [0.29, 0.717) is 16.3 Å². The van der Waals surface area contributed by atoms with Crippen LogP contribution >= 0.6 is 11.6 Å². The highest BCUT2D eigenvalue weighted by atomic mass is 35.5. The summed E-state index contributed by atoms with van der Waals surface area (Å²) in [4.78, 5) is 12.2. The number of benzene rings is 2. The third kappa shape index (κ3) is 3.06. The zero-order valence-electron chi connectivity index (χ0n) is 10.8. The second kappa shape index (κ2) is 5.33. The molecule has 0 unspecified atom stereocenters. The van der Waals surface area contributed by atoms with Crippen LogP contribution in [0, 0.1) is 13.8 Å². The number of nitrogens with one attached hydrogen (secondary N) is 1. The van der Waals surface area contributed by atoms with Crippen molar-refractivity contribution in [2.45, 2.75) is 13.8 Å². The number of nitrogen functional groups attached to an aromatic ring is 1. The Morgan fingerprint density at radius 1 is 1.16 bits per heavy atom. The molecule has 0 aliphatic heterocycles. The molecule has 1 amide bonds. The van der Waals surface area contributed by atoms with Crippen LogP contribution in [0.2, 0.25) is 5.02 Å². The minimum absolute atomic E-state index is 0.216. The third-order valence-electron chi connectivity index (χ3n) is 2.89. The first-order valence-electron chi connectivity index (χ1n) is 5.91. The number of amides is 1. The molecule has 2 aromatic rings. The highest BCUT2D eigenvalue weighted by Gasteiger charge is 2.11. The van der Waals surface area contributed by atoms with Crippen LogP contribution in [-0.4, -0.2) is 5.91 Å². The monoisotopic (exact) mass is 274 g/mol. The molecule has 0 heterocycles. The van der Waals surface area contributed by atoms with Gasteiger partial charge in [0.05, 0.1) is 5.56 Å². The maximum atomic E-state index is 12.2. The maximum absolute atomic E-state index is 12.2. The van der Waals surface area contributed by atoms with Crippen molar-refractivity contribution in [1.29, 1.82) is 0 Å². The first-order chi connectivity index (χ1) is 8.97. The summed E-state index contributed by atoms with van der Waals surface area (Å²) in [5.41, 5.74) is 9.41. The SMILES string of the molecule is Cc1ccc(N)c(C(=O)Nc2ccc(Cl)cc2C)c1. The lowest BCUT2D eigenvalue weighted by Gasteiger charge is -2.10. The number of carbonyl (C=O) groups is 1. The van der Waals surface area contributed by atoms with E-state index in [1.807, 2.05) is 19.9 Å². The lowest BCUT2D eigenvalue weighted by atomic mass is 10.1. The first kappa shape index (κ1) is 13.4. The number of hydrogen-bond donors (Lipinski definition) is 2. The molecule has 19 heavy (non-hydrogen) atoms. The van der Waals surface area contributed by atoms with Gasteiger partial charge in [0.15, 0.2) is 0 Å². The van der Waals surface area contributed by atoms with Crippen LogP contribution in [-0.2, 0) is 0 Å². The highest BCUT2D eigenvalue weighted by Crippen LogP contribution is 2.21. The van der Waals surface area contributed by atoms with E-state index in [-0.39, 0.29) is 5.91 Å². The van der Waals surface area contributed by atoms with Gasteiger partial charge in [0.2, 0.25) is 0 Å². The minimum atomic E-state index is -0.216. The summed E-state index contributed by atoms with van der Waals surface area (Å²) in [6.45, 7) is 3.81. The first-order valence-corrected chi connectivity index (χ1v) is 6.29. The lowest BCUT2D eigenvalue weighted by molar-refractivity contribution is 0.102. The molecule has 0 aliphatic carbocycles. The van der Waals surface area contributed by atoms with Gasteiger partial charge in [0.1, 0.15) is 0 Å². The van der Waals surface area contributed by atoms with Gasteiger partial charge in [-0.3, -0.25) is 4.79 Å². The molecule has 0 bridgehead atoms. The van der Waals surface area contributed by atoms with Crippen molar-refractivity contribution in [1.82, 2.24) is 0 Å². The topological polar surface area (TPSA) is 55.1 Å². The molecule has 0 spiro atoms. The smallest absolute Gasteiger partial charge is 0.257 e. The maximum Gasteiger partial charge on any atom is 0.257 e. The molecule has 4 heteroatoms. The summed E-state index contributed by atoms with van der Waals surface area (Å²) >= 11 is 5.88. The summed E-state index contributed by atoms with van der Waals surface area (Å²) < 4.78 is 0. The fourth-order valence-corrected chi connectivity index (χ4v) is 2.05. The van der Waals surface area contributed by atoms with E-state index < -0.39 is 0 Å². The van der Waals surface area contributed by atoms with Gasteiger partial charge in [-0.1, -0.05) is 23.2 Å². The van der Waals surface area contributed by atoms with Gasteiger partial charge in [-0.2, -0.15) is 0 Å². The third-order valence-corrected chi connectivity index (χ3v) is 3.13. The fraction of sp³-hybridized carbons (Fsp3) is 0.133. The Hall–Kier alpha value is -2.00. The molecule has 0 aliphatic rings. The largest absolute Gasteiger partial charge is 0.398 e. The van der Waals surface area contributed by atoms with Crippen molar-refractivity contribution in [2.24, 2.45) is 0 Å². The van der Waals surface area contributed by atoms with Crippen molar-refractivity contribution in [3.05, 3.63) is 58.1 Å². The van der Waals surface area contributed by atoms with Crippen molar-refractivity contribution in [3.63, 3.8) is 0 Å². The van der Waals surface area contributed by atoms with Crippen molar-refractivity contribution in [2.75, 3.05) is 11.1 Å². The van der Waals surface area contributed by atoms with Crippen LogP contribution in [0.4, 0.5) is 11.4 Å². The molecule has 0 radical (unpaired) electrons. The van der Waals surface area contributed by atoms with Gasteiger partial charge in [-0.15, -0.1) is 0 Å². The van der Waals surface area contributed by atoms with E-state index in [9.17, 15) is 4.79 Å². The summed E-state index contributed by atoms with van der Waals surface area (Å²) in [5, 5.41) is 3.49. The van der Waals surface area contributed by atoms with Gasteiger partial charge in [-0.05, 0) is 49.7 Å². The minimum Gasteiger partial charge on any atom is -0.398 e. The van der Waals surface area contributed by atoms with Gasteiger partial charge >= 0.3 is 0 Å². The van der Waals surface area contributed by atoms with Crippen molar-refractivity contribution < 1.29 is 4.79 Å². The molecule has 0 aromatic heterocycles. The zero-order valence-corrected chi connectivity index (χ0v) is 11.6. The standard InChI is InChI=1S/C15H15ClN2O/c1-9-3-5-13(17)12(7-9)15(19)18-14-6-4-11(16)8-10(14)2/h3-8H,17H2,1-2H3,(H,18,19). The fourth-order valence-electron chi connectivity index (χ4n) is 1.82. The molecule has 0 saturated heterocycles. The summed E-state index contributed by atoms with van der Waals surface area (Å²) in [6, 6.07) is 10.7. The molecule has 0 atom stereocenters. The number of halogens is 1. The van der Waals surface area contributed by atoms with E-state index in [1.165, 1.54) is 0 Å². The van der Waals surface area contributed by atoms with Crippen LogP contribution < -0.4 is 11.1 Å². The van der Waals surface area contributed by atoms with Crippen LogP contribution in [0.1, 0.15) is 21.5 Å². The zero-order chi connectivity index (χ0) is 14.0. The van der Waals surface area contributed by atoms with E-state index >= 15 is 0 Å². The number of anilines is 2. The Labute approximate surface area is 117 Å². The molecule has 0 saturated carbocycles. The van der Waals surface area contributed by atoms with Crippen molar-refractivity contribution >= 4 is 28.9 Å². The van der Waals surface area contributed by atoms with Gasteiger partial charge in [0.25, 0.3) is 5.91 Å². The van der Waals surface area contributed by atoms with Crippen LogP contribution in [0.5, 0.6) is 0 Å². The van der Waals surface area contributed by atoms with E-state index in [1.54, 1.807) is 30.3 Å². The molecule has 3 nitrogen and oxygen atoms in total. The van der Waals surface area contributed by atoms with Gasteiger partial charge in [-0.25, -0.2) is 0 Å².